The van der Waals surface area contributed by atoms with E-state index in [9.17, 15) is 14.5 Å². The van der Waals surface area contributed by atoms with Crippen molar-refractivity contribution in [1.29, 1.82) is 0 Å². The Bertz CT molecular complexity index is 652. The van der Waals surface area contributed by atoms with E-state index in [1.54, 1.807) is 0 Å². The van der Waals surface area contributed by atoms with Gasteiger partial charge in [0.15, 0.2) is 0 Å². The molecular weight excluding hydrogens is 321 g/mol. The van der Waals surface area contributed by atoms with Gasteiger partial charge in [0.1, 0.15) is 12.1 Å². The van der Waals surface area contributed by atoms with E-state index in [0.717, 1.165) is 6.33 Å². The molecule has 0 aliphatic rings. The molecule has 9 heteroatoms. The highest BCUT2D eigenvalue weighted by Gasteiger charge is 2.21. The van der Waals surface area contributed by atoms with E-state index in [0.29, 0.717) is 10.2 Å². The number of nitrogens with one attached hydrogen (secondary N) is 1. The van der Waals surface area contributed by atoms with Gasteiger partial charge in [-0.3, -0.25) is 10.1 Å². The standard InChI is InChI=1S/C10H7BrFN5O2/c11-6-2-1-5(12)3-7(6)16-10-8(17(18)19)9(13)14-4-15-10/h1-4H,(H3,13,14,15,16). The molecule has 0 radical (unpaired) electrons. The van der Waals surface area contributed by atoms with Crippen LogP contribution in [0.3, 0.4) is 0 Å². The zero-order valence-corrected chi connectivity index (χ0v) is 10.9. The van der Waals surface area contributed by atoms with Crippen molar-refractivity contribution in [1.82, 2.24) is 9.97 Å². The molecule has 0 saturated carbocycles. The molecule has 1 heterocycles. The third kappa shape index (κ3) is 2.76. The largest absolute Gasteiger partial charge is 0.378 e. The number of rotatable bonds is 3. The minimum Gasteiger partial charge on any atom is -0.378 e. The number of nitrogens with zero attached hydrogens (tertiary/aromatic N) is 3. The smallest absolute Gasteiger partial charge is 0.353 e. The van der Waals surface area contributed by atoms with Gasteiger partial charge in [-0.25, -0.2) is 14.4 Å². The summed E-state index contributed by atoms with van der Waals surface area (Å²) in [5.74, 6) is -0.866. The van der Waals surface area contributed by atoms with Crippen LogP contribution in [0.25, 0.3) is 0 Å². The second-order valence-corrected chi connectivity index (χ2v) is 4.32. The second kappa shape index (κ2) is 5.14. The summed E-state index contributed by atoms with van der Waals surface area (Å²) in [4.78, 5) is 17.5. The van der Waals surface area contributed by atoms with Gasteiger partial charge in [0.25, 0.3) is 0 Å². The van der Waals surface area contributed by atoms with E-state index in [4.69, 9.17) is 5.73 Å². The summed E-state index contributed by atoms with van der Waals surface area (Å²) in [6, 6.07) is 3.89. The lowest BCUT2D eigenvalue weighted by Crippen LogP contribution is -2.05. The molecule has 0 bridgehead atoms. The molecule has 0 unspecified atom stereocenters. The number of hydrogen-bond donors (Lipinski definition) is 2. The summed E-state index contributed by atoms with van der Waals surface area (Å²) in [5.41, 5.74) is 5.26. The number of halogens is 2. The van der Waals surface area contributed by atoms with E-state index in [1.807, 2.05) is 0 Å². The predicted molar refractivity (Wildman–Crippen MR) is 70.5 cm³/mol. The lowest BCUT2D eigenvalue weighted by atomic mass is 10.3. The molecule has 0 aliphatic carbocycles. The highest BCUT2D eigenvalue weighted by Crippen LogP contribution is 2.32. The van der Waals surface area contributed by atoms with Gasteiger partial charge in [-0.1, -0.05) is 0 Å². The molecule has 2 aromatic rings. The van der Waals surface area contributed by atoms with Crippen molar-refractivity contribution >= 4 is 38.9 Å². The highest BCUT2D eigenvalue weighted by atomic mass is 79.9. The molecule has 19 heavy (non-hydrogen) atoms. The van der Waals surface area contributed by atoms with Crippen LogP contribution in [-0.4, -0.2) is 14.9 Å². The lowest BCUT2D eigenvalue weighted by Gasteiger charge is -2.08. The quantitative estimate of drug-likeness (QED) is 0.662. The number of nitrogen functional groups attached to an aromatic ring is 1. The Balaban J connectivity index is 2.46. The number of anilines is 3. The highest BCUT2D eigenvalue weighted by molar-refractivity contribution is 9.10. The Morgan fingerprint density at radius 3 is 2.84 bits per heavy atom. The topological polar surface area (TPSA) is 107 Å². The average molecular weight is 328 g/mol. The summed E-state index contributed by atoms with van der Waals surface area (Å²) in [7, 11) is 0. The molecule has 1 aromatic heterocycles. The van der Waals surface area contributed by atoms with E-state index in [-0.39, 0.29) is 11.6 Å². The van der Waals surface area contributed by atoms with Gasteiger partial charge in [0, 0.05) is 4.47 Å². The van der Waals surface area contributed by atoms with Crippen molar-refractivity contribution < 1.29 is 9.31 Å². The van der Waals surface area contributed by atoms with Crippen LogP contribution in [0.5, 0.6) is 0 Å². The molecule has 7 nitrogen and oxygen atoms in total. The van der Waals surface area contributed by atoms with Crippen molar-refractivity contribution in [2.24, 2.45) is 0 Å². The fraction of sp³-hybridized carbons (Fsp3) is 0. The monoisotopic (exact) mass is 327 g/mol. The van der Waals surface area contributed by atoms with Gasteiger partial charge in [-0.15, -0.1) is 0 Å². The SMILES string of the molecule is Nc1ncnc(Nc2cc(F)ccc2Br)c1[N+](=O)[O-]. The summed E-state index contributed by atoms with van der Waals surface area (Å²) >= 11 is 3.19. The molecular formula is C10H7BrFN5O2. The van der Waals surface area contributed by atoms with Crippen molar-refractivity contribution in [3.05, 3.63) is 44.9 Å². The summed E-state index contributed by atoms with van der Waals surface area (Å²) < 4.78 is 13.7. The van der Waals surface area contributed by atoms with Crippen LogP contribution in [0.15, 0.2) is 29.0 Å². The van der Waals surface area contributed by atoms with Crippen molar-refractivity contribution in [2.75, 3.05) is 11.1 Å². The first kappa shape index (κ1) is 13.1. The van der Waals surface area contributed by atoms with E-state index >= 15 is 0 Å². The first-order valence-corrected chi connectivity index (χ1v) is 5.75. The molecule has 0 aliphatic heterocycles. The van der Waals surface area contributed by atoms with E-state index < -0.39 is 16.4 Å². The van der Waals surface area contributed by atoms with Gasteiger partial charge < -0.3 is 11.1 Å². The Kier molecular flexibility index (Phi) is 3.56. The fourth-order valence-electron chi connectivity index (χ4n) is 1.38. The first-order chi connectivity index (χ1) is 8.99. The van der Waals surface area contributed by atoms with Crippen LogP contribution >= 0.6 is 15.9 Å². The number of aromatic nitrogens is 2. The molecule has 0 spiro atoms. The molecule has 0 atom stereocenters. The van der Waals surface area contributed by atoms with Crippen LogP contribution in [0.4, 0.5) is 27.4 Å². The third-order valence-electron chi connectivity index (χ3n) is 2.21. The van der Waals surface area contributed by atoms with E-state index in [2.05, 4.69) is 31.2 Å². The van der Waals surface area contributed by atoms with Crippen LogP contribution in [0, 0.1) is 15.9 Å². The van der Waals surface area contributed by atoms with Gasteiger partial charge in [-0.05, 0) is 34.1 Å². The minimum atomic E-state index is -0.704. The molecule has 1 aromatic carbocycles. The number of nitro groups is 1. The maximum Gasteiger partial charge on any atom is 0.353 e. The Labute approximate surface area is 115 Å². The Hall–Kier alpha value is -2.29. The van der Waals surface area contributed by atoms with Crippen LogP contribution < -0.4 is 11.1 Å². The number of hydrogen-bond acceptors (Lipinski definition) is 6. The zero-order chi connectivity index (χ0) is 14.0. The average Bonchev–Trinajstić information content (AvgIpc) is 2.33. The first-order valence-electron chi connectivity index (χ1n) is 4.96. The Morgan fingerprint density at radius 2 is 2.16 bits per heavy atom. The summed E-state index contributed by atoms with van der Waals surface area (Å²) in [5, 5.41) is 13.5. The van der Waals surface area contributed by atoms with Gasteiger partial charge in [0.05, 0.1) is 10.6 Å². The molecule has 3 N–H and O–H groups in total. The normalized spacial score (nSPS) is 10.2. The summed E-state index contributed by atoms with van der Waals surface area (Å²) in [6.07, 6.45) is 1.08. The second-order valence-electron chi connectivity index (χ2n) is 3.46. The minimum absolute atomic E-state index is 0.108. The molecule has 98 valence electrons. The summed E-state index contributed by atoms with van der Waals surface area (Å²) in [6.45, 7) is 0. The van der Waals surface area contributed by atoms with Crippen LogP contribution in [-0.2, 0) is 0 Å². The number of benzene rings is 1. The van der Waals surface area contributed by atoms with Crippen molar-refractivity contribution in [2.45, 2.75) is 0 Å². The molecule has 0 saturated heterocycles. The maximum absolute atomic E-state index is 13.1. The van der Waals surface area contributed by atoms with Crippen LogP contribution in [0.2, 0.25) is 0 Å². The fourth-order valence-corrected chi connectivity index (χ4v) is 1.73. The van der Waals surface area contributed by atoms with Gasteiger partial charge >= 0.3 is 5.69 Å². The van der Waals surface area contributed by atoms with Crippen molar-refractivity contribution in [3.63, 3.8) is 0 Å². The van der Waals surface area contributed by atoms with Gasteiger partial charge in [0.2, 0.25) is 11.6 Å². The van der Waals surface area contributed by atoms with Gasteiger partial charge in [-0.2, -0.15) is 0 Å². The molecule has 2 rings (SSSR count). The lowest BCUT2D eigenvalue weighted by molar-refractivity contribution is -0.383. The predicted octanol–water partition coefficient (Wildman–Crippen LogP) is 2.61. The van der Waals surface area contributed by atoms with Crippen molar-refractivity contribution in [3.8, 4) is 0 Å². The van der Waals surface area contributed by atoms with Crippen LogP contribution in [0.1, 0.15) is 0 Å². The molecule has 0 amide bonds. The number of nitrogens with two attached hydrogens (primary N) is 1. The van der Waals surface area contributed by atoms with E-state index in [1.165, 1.54) is 18.2 Å². The maximum atomic E-state index is 13.1. The zero-order valence-electron chi connectivity index (χ0n) is 9.30. The third-order valence-corrected chi connectivity index (χ3v) is 2.91. The Morgan fingerprint density at radius 1 is 1.42 bits per heavy atom. The molecule has 0 fully saturated rings.